The molecule has 0 radical (unpaired) electrons. The van der Waals surface area contributed by atoms with E-state index in [1.807, 2.05) is 0 Å². The molecule has 1 aliphatic heterocycles. The van der Waals surface area contributed by atoms with Gasteiger partial charge in [0.1, 0.15) is 16.7 Å². The van der Waals surface area contributed by atoms with Crippen LogP contribution in [0.2, 0.25) is 4.34 Å². The minimum atomic E-state index is -4.22. The molecule has 1 saturated heterocycles. The van der Waals surface area contributed by atoms with Crippen molar-refractivity contribution in [3.05, 3.63) is 64.1 Å². The van der Waals surface area contributed by atoms with Gasteiger partial charge in [-0.25, -0.2) is 8.42 Å². The molecule has 0 bridgehead atoms. The summed E-state index contributed by atoms with van der Waals surface area (Å²) in [4.78, 5) is 31.6. The molecule has 2 amide bonds. The number of pyridine rings is 1. The minimum Gasteiger partial charge on any atom is -0.495 e. The molecule has 0 saturated carbocycles. The van der Waals surface area contributed by atoms with Gasteiger partial charge in [-0.2, -0.15) is 4.72 Å². The molecule has 3 heterocycles. The summed E-state index contributed by atoms with van der Waals surface area (Å²) in [6.07, 6.45) is 4.88. The van der Waals surface area contributed by atoms with Gasteiger partial charge >= 0.3 is 0 Å². The lowest BCUT2D eigenvalue weighted by Crippen LogP contribution is -2.53. The van der Waals surface area contributed by atoms with Gasteiger partial charge in [-0.15, -0.1) is 11.3 Å². The number of carbonyl (C=O) groups excluding carboxylic acids is 2. The topological polar surface area (TPSA) is 118 Å². The quantitative estimate of drug-likeness (QED) is 0.424. The van der Waals surface area contributed by atoms with Crippen LogP contribution in [0.4, 0.5) is 0 Å². The predicted octanol–water partition coefficient (Wildman–Crippen LogP) is 3.17. The molecule has 36 heavy (non-hydrogen) atoms. The molecule has 1 atom stereocenters. The van der Waals surface area contributed by atoms with Crippen molar-refractivity contribution in [1.29, 1.82) is 0 Å². The van der Waals surface area contributed by atoms with E-state index in [1.165, 1.54) is 13.2 Å². The Morgan fingerprint density at radius 3 is 2.50 bits per heavy atom. The van der Waals surface area contributed by atoms with Crippen LogP contribution in [0.1, 0.15) is 22.5 Å². The van der Waals surface area contributed by atoms with Crippen LogP contribution in [0.15, 0.2) is 59.8 Å². The maximum Gasteiger partial charge on any atom is 0.261 e. The van der Waals surface area contributed by atoms with Crippen molar-refractivity contribution in [1.82, 2.24) is 19.9 Å². The van der Waals surface area contributed by atoms with E-state index in [4.69, 9.17) is 16.3 Å². The summed E-state index contributed by atoms with van der Waals surface area (Å²) in [5.74, 6) is -0.701. The van der Waals surface area contributed by atoms with E-state index in [-0.39, 0.29) is 17.2 Å². The summed E-state index contributed by atoms with van der Waals surface area (Å²) in [6, 6.07) is 10.2. The van der Waals surface area contributed by atoms with Crippen LogP contribution >= 0.6 is 22.9 Å². The Balaban J connectivity index is 1.62. The molecule has 1 aromatic carbocycles. The number of amides is 2. The number of hydrogen-bond acceptors (Lipinski definition) is 7. The number of aromatic nitrogens is 1. The highest BCUT2D eigenvalue weighted by Crippen LogP contribution is 2.35. The molecule has 190 valence electrons. The molecular weight excluding hydrogens is 524 g/mol. The molecule has 9 nitrogen and oxygen atoms in total. The van der Waals surface area contributed by atoms with E-state index in [0.717, 1.165) is 29.7 Å². The molecule has 2 N–H and O–H groups in total. The van der Waals surface area contributed by atoms with Crippen molar-refractivity contribution in [2.24, 2.45) is 0 Å². The van der Waals surface area contributed by atoms with Gasteiger partial charge in [0.2, 0.25) is 15.9 Å². The SMILES string of the molecule is COc1c(-c2ccncc2)cccc1S(=O)(=O)N[C@@H](CNC(=O)c1ccc(Cl)s1)C(=O)N1CCCC1. The number of thiophene rings is 1. The highest BCUT2D eigenvalue weighted by molar-refractivity contribution is 7.89. The van der Waals surface area contributed by atoms with Crippen molar-refractivity contribution in [3.8, 4) is 16.9 Å². The van der Waals surface area contributed by atoms with Crippen LogP contribution in [0, 0.1) is 0 Å². The van der Waals surface area contributed by atoms with E-state index in [1.54, 1.807) is 53.7 Å². The molecule has 1 fully saturated rings. The molecule has 0 aliphatic carbocycles. The van der Waals surface area contributed by atoms with Crippen molar-refractivity contribution in [2.75, 3.05) is 26.7 Å². The summed E-state index contributed by atoms with van der Waals surface area (Å²) in [6.45, 7) is 0.841. The monoisotopic (exact) mass is 548 g/mol. The fourth-order valence-corrected chi connectivity index (χ4v) is 6.34. The zero-order valence-corrected chi connectivity index (χ0v) is 21.8. The summed E-state index contributed by atoms with van der Waals surface area (Å²) < 4.78 is 35.5. The molecule has 2 aromatic heterocycles. The fraction of sp³-hybridized carbons (Fsp3) is 0.292. The largest absolute Gasteiger partial charge is 0.495 e. The summed E-state index contributed by atoms with van der Waals surface area (Å²) in [5, 5.41) is 2.66. The first-order valence-electron chi connectivity index (χ1n) is 11.2. The lowest BCUT2D eigenvalue weighted by molar-refractivity contribution is -0.131. The molecule has 12 heteroatoms. The van der Waals surface area contributed by atoms with Gasteiger partial charge < -0.3 is 15.0 Å². The van der Waals surface area contributed by atoms with Crippen molar-refractivity contribution < 1.29 is 22.7 Å². The number of ether oxygens (including phenoxy) is 1. The van der Waals surface area contributed by atoms with Gasteiger partial charge in [-0.3, -0.25) is 14.6 Å². The lowest BCUT2D eigenvalue weighted by Gasteiger charge is -2.25. The van der Waals surface area contributed by atoms with Crippen molar-refractivity contribution in [2.45, 2.75) is 23.8 Å². The molecular formula is C24H25ClN4O5S2. The van der Waals surface area contributed by atoms with Crippen molar-refractivity contribution >= 4 is 44.8 Å². The summed E-state index contributed by atoms with van der Waals surface area (Å²) in [5.41, 5.74) is 1.29. The van der Waals surface area contributed by atoms with Gasteiger partial charge in [0, 0.05) is 37.6 Å². The Hall–Kier alpha value is -2.99. The number of methoxy groups -OCH3 is 1. The van der Waals surface area contributed by atoms with E-state index in [0.29, 0.717) is 27.9 Å². The third-order valence-electron chi connectivity index (χ3n) is 5.74. The van der Waals surface area contributed by atoms with Crippen LogP contribution in [0.5, 0.6) is 5.75 Å². The zero-order chi connectivity index (χ0) is 25.7. The first-order valence-corrected chi connectivity index (χ1v) is 13.9. The third-order valence-corrected chi connectivity index (χ3v) is 8.47. The highest BCUT2D eigenvalue weighted by atomic mass is 35.5. The van der Waals surface area contributed by atoms with Crippen molar-refractivity contribution in [3.63, 3.8) is 0 Å². The van der Waals surface area contributed by atoms with Crippen LogP contribution in [0.3, 0.4) is 0 Å². The predicted molar refractivity (Wildman–Crippen MR) is 138 cm³/mol. The Morgan fingerprint density at radius 2 is 1.86 bits per heavy atom. The Morgan fingerprint density at radius 1 is 1.14 bits per heavy atom. The van der Waals surface area contributed by atoms with Crippen LogP contribution in [-0.2, 0) is 14.8 Å². The van der Waals surface area contributed by atoms with Gasteiger partial charge in [0.05, 0.1) is 16.3 Å². The minimum absolute atomic E-state index is 0.116. The average molecular weight is 549 g/mol. The molecule has 3 aromatic rings. The van der Waals surface area contributed by atoms with Gasteiger partial charge in [0.25, 0.3) is 5.91 Å². The second kappa shape index (κ2) is 11.4. The number of para-hydroxylation sites is 1. The Labute approximate surface area is 218 Å². The van der Waals surface area contributed by atoms with Crippen LogP contribution in [-0.4, -0.2) is 62.9 Å². The first-order chi connectivity index (χ1) is 17.3. The number of halogens is 1. The van der Waals surface area contributed by atoms with E-state index in [9.17, 15) is 18.0 Å². The molecule has 0 unspecified atom stereocenters. The van der Waals surface area contributed by atoms with Gasteiger partial charge in [-0.1, -0.05) is 23.7 Å². The number of likely N-dealkylation sites (tertiary alicyclic amines) is 1. The number of carbonyl (C=O) groups is 2. The van der Waals surface area contributed by atoms with E-state index >= 15 is 0 Å². The van der Waals surface area contributed by atoms with Crippen LogP contribution in [0.25, 0.3) is 11.1 Å². The molecule has 0 spiro atoms. The number of benzene rings is 1. The smallest absolute Gasteiger partial charge is 0.261 e. The number of hydrogen-bond donors (Lipinski definition) is 2. The van der Waals surface area contributed by atoms with Gasteiger partial charge in [0.15, 0.2) is 0 Å². The molecule has 4 rings (SSSR count). The van der Waals surface area contributed by atoms with E-state index in [2.05, 4.69) is 15.0 Å². The third kappa shape index (κ3) is 5.86. The average Bonchev–Trinajstić information content (AvgIpc) is 3.58. The van der Waals surface area contributed by atoms with Crippen LogP contribution < -0.4 is 14.8 Å². The fourth-order valence-electron chi connectivity index (χ4n) is 4.00. The number of nitrogens with zero attached hydrogens (tertiary/aromatic N) is 2. The maximum atomic E-state index is 13.5. The Kier molecular flexibility index (Phi) is 8.24. The zero-order valence-electron chi connectivity index (χ0n) is 19.4. The second-order valence-electron chi connectivity index (χ2n) is 8.09. The number of sulfonamides is 1. The first kappa shape index (κ1) is 26.1. The molecule has 1 aliphatic rings. The standard InChI is InChI=1S/C24H25ClN4O5S2/c1-34-22-17(16-9-11-26-12-10-16)5-4-6-20(22)36(32,33)28-18(24(31)29-13-2-3-14-29)15-27-23(30)19-7-8-21(25)35-19/h4-12,18,28H,2-3,13-15H2,1H3,(H,27,30)/t18-/m0/s1. The highest BCUT2D eigenvalue weighted by Gasteiger charge is 2.33. The lowest BCUT2D eigenvalue weighted by atomic mass is 10.1. The normalized spacial score (nSPS) is 14.4. The van der Waals surface area contributed by atoms with Gasteiger partial charge in [-0.05, 0) is 48.7 Å². The number of nitrogens with one attached hydrogen (secondary N) is 2. The Bertz CT molecular complexity index is 1340. The summed E-state index contributed by atoms with van der Waals surface area (Å²) >= 11 is 7.01. The second-order valence-corrected chi connectivity index (χ2v) is 11.5. The maximum absolute atomic E-state index is 13.5. The van der Waals surface area contributed by atoms with E-state index < -0.39 is 27.9 Å². The number of rotatable bonds is 9. The summed E-state index contributed by atoms with van der Waals surface area (Å²) in [7, 11) is -2.84.